The van der Waals surface area contributed by atoms with Gasteiger partial charge >= 0.3 is 0 Å². The third-order valence-corrected chi connectivity index (χ3v) is 3.23. The molecule has 104 valence electrons. The first kappa shape index (κ1) is 14.4. The van der Waals surface area contributed by atoms with Gasteiger partial charge in [0, 0.05) is 30.4 Å². The second-order valence-corrected chi connectivity index (χ2v) is 4.95. The largest absolute Gasteiger partial charge is 0.389 e. The van der Waals surface area contributed by atoms with Gasteiger partial charge in [0.05, 0.1) is 0 Å². The van der Waals surface area contributed by atoms with E-state index in [-0.39, 0.29) is 16.6 Å². The fourth-order valence-electron chi connectivity index (χ4n) is 1.89. The average molecular weight is 292 g/mol. The normalized spacial score (nSPS) is 10.3. The molecule has 0 aliphatic rings. The summed E-state index contributed by atoms with van der Waals surface area (Å²) in [4.78, 5) is 1.93. The molecular weight excluding hydrogens is 278 g/mol. The predicted octanol–water partition coefficient (Wildman–Crippen LogP) is 3.24. The van der Waals surface area contributed by atoms with E-state index in [4.69, 9.17) is 18.0 Å². The lowest BCUT2D eigenvalue weighted by Crippen LogP contribution is -2.18. The summed E-state index contributed by atoms with van der Waals surface area (Å²) in [6, 6.07) is 10.8. The van der Waals surface area contributed by atoms with Crippen LogP contribution in [0.4, 0.5) is 14.5 Å². The highest BCUT2D eigenvalue weighted by Crippen LogP contribution is 2.18. The number of hydrogen-bond acceptors (Lipinski definition) is 2. The van der Waals surface area contributed by atoms with E-state index in [1.807, 2.05) is 0 Å². The molecule has 0 fully saturated rings. The van der Waals surface area contributed by atoms with Crippen LogP contribution < -0.4 is 10.6 Å². The minimum atomic E-state index is -0.376. The predicted molar refractivity (Wildman–Crippen MR) is 80.8 cm³/mol. The second kappa shape index (κ2) is 5.96. The first-order valence-corrected chi connectivity index (χ1v) is 6.43. The van der Waals surface area contributed by atoms with Crippen LogP contribution in [0.25, 0.3) is 0 Å². The van der Waals surface area contributed by atoms with Crippen LogP contribution in [0.3, 0.4) is 0 Å². The van der Waals surface area contributed by atoms with Gasteiger partial charge in [-0.25, -0.2) is 8.78 Å². The molecule has 2 aromatic carbocycles. The van der Waals surface area contributed by atoms with Gasteiger partial charge in [-0.2, -0.15) is 0 Å². The SMILES string of the molecule is CN(Cc1ccc(C(N)=S)cc1F)c1cccc(F)c1. The lowest BCUT2D eigenvalue weighted by Gasteiger charge is -2.20. The number of benzene rings is 2. The third kappa shape index (κ3) is 3.30. The van der Waals surface area contributed by atoms with Crippen molar-refractivity contribution in [1.29, 1.82) is 0 Å². The molecule has 0 aliphatic carbocycles. The van der Waals surface area contributed by atoms with Gasteiger partial charge in [0.1, 0.15) is 16.6 Å². The van der Waals surface area contributed by atoms with Crippen LogP contribution in [0.1, 0.15) is 11.1 Å². The summed E-state index contributed by atoms with van der Waals surface area (Å²) in [7, 11) is 1.77. The number of nitrogens with two attached hydrogens (primary N) is 1. The Bertz CT molecular complexity index is 644. The molecule has 0 spiro atoms. The maximum Gasteiger partial charge on any atom is 0.128 e. The molecule has 0 saturated carbocycles. The molecule has 2 aromatic rings. The first-order chi connectivity index (χ1) is 9.47. The second-order valence-electron chi connectivity index (χ2n) is 4.51. The van der Waals surface area contributed by atoms with Crippen molar-refractivity contribution in [2.45, 2.75) is 6.54 Å². The van der Waals surface area contributed by atoms with E-state index in [2.05, 4.69) is 0 Å². The number of hydrogen-bond donors (Lipinski definition) is 1. The minimum Gasteiger partial charge on any atom is -0.389 e. The van der Waals surface area contributed by atoms with Crippen LogP contribution in [-0.2, 0) is 6.54 Å². The summed E-state index contributed by atoms with van der Waals surface area (Å²) in [5.41, 5.74) is 7.13. The van der Waals surface area contributed by atoms with Crippen LogP contribution in [0.2, 0.25) is 0 Å². The lowest BCUT2D eigenvalue weighted by molar-refractivity contribution is 0.607. The van der Waals surface area contributed by atoms with E-state index in [9.17, 15) is 8.78 Å². The zero-order chi connectivity index (χ0) is 14.7. The number of rotatable bonds is 4. The molecule has 0 amide bonds. The Balaban J connectivity index is 2.19. The van der Waals surface area contributed by atoms with Crippen LogP contribution in [0, 0.1) is 11.6 Å². The van der Waals surface area contributed by atoms with E-state index in [0.717, 1.165) is 0 Å². The summed E-state index contributed by atoms with van der Waals surface area (Å²) in [6.45, 7) is 0.326. The van der Waals surface area contributed by atoms with Gasteiger partial charge in [-0.1, -0.05) is 30.4 Å². The molecule has 0 heterocycles. The lowest BCUT2D eigenvalue weighted by atomic mass is 10.1. The quantitative estimate of drug-likeness (QED) is 0.877. The summed E-state index contributed by atoms with van der Waals surface area (Å²) in [6.07, 6.45) is 0. The molecule has 0 aromatic heterocycles. The van der Waals surface area contributed by atoms with Crippen molar-refractivity contribution in [3.63, 3.8) is 0 Å². The zero-order valence-electron chi connectivity index (χ0n) is 10.9. The van der Waals surface area contributed by atoms with E-state index in [0.29, 0.717) is 23.4 Å². The Morgan fingerprint density at radius 1 is 1.20 bits per heavy atom. The van der Waals surface area contributed by atoms with E-state index in [1.165, 1.54) is 18.2 Å². The van der Waals surface area contributed by atoms with Crippen LogP contribution >= 0.6 is 12.2 Å². The molecule has 0 saturated heterocycles. The van der Waals surface area contributed by atoms with Gasteiger partial charge in [-0.15, -0.1) is 0 Å². The Morgan fingerprint density at radius 2 is 1.95 bits per heavy atom. The van der Waals surface area contributed by atoms with E-state index in [1.54, 1.807) is 36.2 Å². The molecule has 2 N–H and O–H groups in total. The van der Waals surface area contributed by atoms with Gasteiger partial charge in [0.25, 0.3) is 0 Å². The van der Waals surface area contributed by atoms with Gasteiger partial charge in [0.2, 0.25) is 0 Å². The van der Waals surface area contributed by atoms with Gasteiger partial charge in [-0.3, -0.25) is 0 Å². The molecule has 0 aliphatic heterocycles. The maximum absolute atomic E-state index is 13.9. The maximum atomic E-state index is 13.9. The van der Waals surface area contributed by atoms with Crippen molar-refractivity contribution in [2.75, 3.05) is 11.9 Å². The molecule has 2 rings (SSSR count). The Kier molecular flexibility index (Phi) is 4.29. The molecule has 5 heteroatoms. The highest BCUT2D eigenvalue weighted by molar-refractivity contribution is 7.80. The third-order valence-electron chi connectivity index (χ3n) is 2.99. The summed E-state index contributed by atoms with van der Waals surface area (Å²) >= 11 is 4.80. The van der Waals surface area contributed by atoms with Crippen LogP contribution in [0.5, 0.6) is 0 Å². The van der Waals surface area contributed by atoms with Gasteiger partial charge in [0.15, 0.2) is 0 Å². The highest BCUT2D eigenvalue weighted by atomic mass is 32.1. The highest BCUT2D eigenvalue weighted by Gasteiger charge is 2.09. The van der Waals surface area contributed by atoms with Crippen molar-refractivity contribution in [1.82, 2.24) is 0 Å². The number of thiocarbonyl (C=S) groups is 1. The fourth-order valence-corrected chi connectivity index (χ4v) is 2.02. The number of halogens is 2. The first-order valence-electron chi connectivity index (χ1n) is 6.02. The van der Waals surface area contributed by atoms with E-state index >= 15 is 0 Å². The topological polar surface area (TPSA) is 29.3 Å². The standard InChI is InChI=1S/C15H14F2N2S/c1-19(13-4-2-3-12(16)8-13)9-11-6-5-10(15(18)20)7-14(11)17/h2-8H,9H2,1H3,(H2,18,20). The van der Waals surface area contributed by atoms with Crippen molar-refractivity contribution in [2.24, 2.45) is 5.73 Å². The molecular formula is C15H14F2N2S. The van der Waals surface area contributed by atoms with Crippen molar-refractivity contribution < 1.29 is 8.78 Å². The smallest absolute Gasteiger partial charge is 0.128 e. The van der Waals surface area contributed by atoms with Gasteiger partial charge in [-0.05, 0) is 24.3 Å². The summed E-state index contributed by atoms with van der Waals surface area (Å²) in [5, 5.41) is 0. The molecule has 0 atom stereocenters. The minimum absolute atomic E-state index is 0.161. The zero-order valence-corrected chi connectivity index (χ0v) is 11.8. The summed E-state index contributed by atoms with van der Waals surface area (Å²) < 4.78 is 27.1. The van der Waals surface area contributed by atoms with Crippen LogP contribution in [0.15, 0.2) is 42.5 Å². The number of anilines is 1. The molecule has 0 bridgehead atoms. The molecule has 0 radical (unpaired) electrons. The molecule has 2 nitrogen and oxygen atoms in total. The Hall–Kier alpha value is -2.01. The van der Waals surface area contributed by atoms with Crippen molar-refractivity contribution >= 4 is 22.9 Å². The Labute approximate surface area is 121 Å². The molecule has 20 heavy (non-hydrogen) atoms. The van der Waals surface area contributed by atoms with Crippen molar-refractivity contribution in [3.05, 3.63) is 65.2 Å². The summed E-state index contributed by atoms with van der Waals surface area (Å²) in [5.74, 6) is -0.697. The average Bonchev–Trinajstić information content (AvgIpc) is 2.40. The number of nitrogens with zero attached hydrogens (tertiary/aromatic N) is 1. The molecule has 0 unspecified atom stereocenters. The fraction of sp³-hybridized carbons (Fsp3) is 0.133. The van der Waals surface area contributed by atoms with Gasteiger partial charge < -0.3 is 10.6 Å². The monoisotopic (exact) mass is 292 g/mol. The van der Waals surface area contributed by atoms with E-state index < -0.39 is 0 Å². The van der Waals surface area contributed by atoms with Crippen LogP contribution in [-0.4, -0.2) is 12.0 Å². The Morgan fingerprint density at radius 3 is 2.55 bits per heavy atom. The van der Waals surface area contributed by atoms with Crippen molar-refractivity contribution in [3.8, 4) is 0 Å².